The SMILES string of the molecule is CSc1cc(C)c(C)[nH]1. The van der Waals surface area contributed by atoms with Crippen LogP contribution in [0.25, 0.3) is 0 Å². The van der Waals surface area contributed by atoms with Crippen molar-refractivity contribution in [2.75, 3.05) is 6.26 Å². The summed E-state index contributed by atoms with van der Waals surface area (Å²) in [6, 6.07) is 2.17. The number of H-pyrrole nitrogens is 1. The summed E-state index contributed by atoms with van der Waals surface area (Å²) >= 11 is 1.75. The fourth-order valence-electron chi connectivity index (χ4n) is 0.734. The molecule has 0 saturated heterocycles. The van der Waals surface area contributed by atoms with E-state index in [2.05, 4.69) is 31.2 Å². The van der Waals surface area contributed by atoms with Crippen molar-refractivity contribution in [1.29, 1.82) is 0 Å². The minimum atomic E-state index is 1.25. The molecular formula is C7H11NS. The van der Waals surface area contributed by atoms with Gasteiger partial charge in [-0.25, -0.2) is 0 Å². The third-order valence-corrected chi connectivity index (χ3v) is 2.13. The first-order chi connectivity index (χ1) is 4.24. The molecule has 0 spiro atoms. The van der Waals surface area contributed by atoms with E-state index in [0.29, 0.717) is 0 Å². The summed E-state index contributed by atoms with van der Waals surface area (Å²) in [4.78, 5) is 3.26. The quantitative estimate of drug-likeness (QED) is 0.593. The number of nitrogens with one attached hydrogen (secondary N) is 1. The van der Waals surface area contributed by atoms with E-state index >= 15 is 0 Å². The highest BCUT2D eigenvalue weighted by molar-refractivity contribution is 7.98. The summed E-state index contributed by atoms with van der Waals surface area (Å²) < 4.78 is 0. The van der Waals surface area contributed by atoms with Crippen LogP contribution < -0.4 is 0 Å². The van der Waals surface area contributed by atoms with Gasteiger partial charge in [-0.2, -0.15) is 0 Å². The molecule has 0 amide bonds. The Labute approximate surface area is 59.9 Å². The fourth-order valence-corrected chi connectivity index (χ4v) is 1.28. The molecule has 1 nitrogen and oxygen atoms in total. The molecule has 0 aromatic carbocycles. The molecule has 0 aliphatic rings. The lowest BCUT2D eigenvalue weighted by atomic mass is 10.3. The van der Waals surface area contributed by atoms with Crippen LogP contribution in [0.3, 0.4) is 0 Å². The van der Waals surface area contributed by atoms with Crippen LogP contribution in [0.5, 0.6) is 0 Å². The molecule has 0 aliphatic heterocycles. The van der Waals surface area contributed by atoms with E-state index in [-0.39, 0.29) is 0 Å². The van der Waals surface area contributed by atoms with Crippen LogP contribution in [-0.2, 0) is 0 Å². The third kappa shape index (κ3) is 1.30. The van der Waals surface area contributed by atoms with Crippen molar-refractivity contribution in [3.8, 4) is 0 Å². The maximum absolute atomic E-state index is 3.26. The summed E-state index contributed by atoms with van der Waals surface area (Å²) in [7, 11) is 0. The van der Waals surface area contributed by atoms with Crippen molar-refractivity contribution in [2.45, 2.75) is 18.9 Å². The third-order valence-electron chi connectivity index (χ3n) is 1.47. The first-order valence-corrected chi connectivity index (χ1v) is 4.16. The Kier molecular flexibility index (Phi) is 1.86. The number of thioether (sulfide) groups is 1. The maximum atomic E-state index is 3.26. The molecule has 0 atom stereocenters. The molecule has 1 aromatic heterocycles. The van der Waals surface area contributed by atoms with Crippen molar-refractivity contribution in [3.05, 3.63) is 17.3 Å². The van der Waals surface area contributed by atoms with E-state index in [0.717, 1.165) is 0 Å². The van der Waals surface area contributed by atoms with Gasteiger partial charge < -0.3 is 4.98 Å². The Hall–Kier alpha value is -0.370. The molecule has 1 N–H and O–H groups in total. The number of hydrogen-bond acceptors (Lipinski definition) is 1. The average Bonchev–Trinajstić information content (AvgIpc) is 2.13. The van der Waals surface area contributed by atoms with Gasteiger partial charge in [-0.1, -0.05) is 0 Å². The van der Waals surface area contributed by atoms with Crippen LogP contribution in [0.2, 0.25) is 0 Å². The van der Waals surface area contributed by atoms with Crippen LogP contribution in [0.4, 0.5) is 0 Å². The molecule has 2 heteroatoms. The summed E-state index contributed by atoms with van der Waals surface area (Å²) in [5.74, 6) is 0. The molecule has 1 heterocycles. The molecule has 0 radical (unpaired) electrons. The Morgan fingerprint density at radius 1 is 1.44 bits per heavy atom. The second kappa shape index (κ2) is 2.48. The second-order valence-corrected chi connectivity index (χ2v) is 2.99. The number of aryl methyl sites for hydroxylation is 2. The molecule has 0 unspecified atom stereocenters. The topological polar surface area (TPSA) is 15.8 Å². The Morgan fingerprint density at radius 2 is 2.11 bits per heavy atom. The highest BCUT2D eigenvalue weighted by atomic mass is 32.2. The monoisotopic (exact) mass is 141 g/mol. The molecular weight excluding hydrogens is 130 g/mol. The van der Waals surface area contributed by atoms with Gasteiger partial charge in [0.25, 0.3) is 0 Å². The Balaban J connectivity index is 2.98. The van der Waals surface area contributed by atoms with E-state index in [9.17, 15) is 0 Å². The van der Waals surface area contributed by atoms with Gasteiger partial charge >= 0.3 is 0 Å². The largest absolute Gasteiger partial charge is 0.354 e. The van der Waals surface area contributed by atoms with Crippen molar-refractivity contribution in [2.24, 2.45) is 0 Å². The number of rotatable bonds is 1. The minimum Gasteiger partial charge on any atom is -0.354 e. The van der Waals surface area contributed by atoms with Crippen LogP contribution in [0.15, 0.2) is 11.1 Å². The van der Waals surface area contributed by atoms with E-state index in [1.54, 1.807) is 11.8 Å². The molecule has 0 aliphatic carbocycles. The van der Waals surface area contributed by atoms with Crippen molar-refractivity contribution >= 4 is 11.8 Å². The van der Waals surface area contributed by atoms with Crippen LogP contribution >= 0.6 is 11.8 Å². The van der Waals surface area contributed by atoms with Crippen LogP contribution in [0, 0.1) is 13.8 Å². The van der Waals surface area contributed by atoms with E-state index in [4.69, 9.17) is 0 Å². The number of aromatic amines is 1. The van der Waals surface area contributed by atoms with Crippen molar-refractivity contribution in [1.82, 2.24) is 4.98 Å². The van der Waals surface area contributed by atoms with E-state index in [1.807, 2.05) is 0 Å². The lowest BCUT2D eigenvalue weighted by molar-refractivity contribution is 1.13. The van der Waals surface area contributed by atoms with Crippen LogP contribution in [0.1, 0.15) is 11.3 Å². The van der Waals surface area contributed by atoms with Gasteiger partial charge in [-0.3, -0.25) is 0 Å². The zero-order valence-electron chi connectivity index (χ0n) is 5.99. The van der Waals surface area contributed by atoms with E-state index < -0.39 is 0 Å². The highest BCUT2D eigenvalue weighted by Crippen LogP contribution is 2.16. The minimum absolute atomic E-state index is 1.25. The predicted molar refractivity (Wildman–Crippen MR) is 42.0 cm³/mol. The van der Waals surface area contributed by atoms with Gasteiger partial charge in [-0.05, 0) is 31.7 Å². The first-order valence-electron chi connectivity index (χ1n) is 2.94. The summed E-state index contributed by atoms with van der Waals surface area (Å²) in [5, 5.41) is 1.25. The standard InChI is InChI=1S/C7H11NS/c1-5-4-7(9-3)8-6(5)2/h4,8H,1-3H3. The smallest absolute Gasteiger partial charge is 0.0723 e. The average molecular weight is 141 g/mol. The molecule has 0 saturated carbocycles. The normalized spacial score (nSPS) is 10.1. The second-order valence-electron chi connectivity index (χ2n) is 2.15. The number of hydrogen-bond donors (Lipinski definition) is 1. The maximum Gasteiger partial charge on any atom is 0.0723 e. The van der Waals surface area contributed by atoms with Crippen LogP contribution in [-0.4, -0.2) is 11.2 Å². The Morgan fingerprint density at radius 3 is 2.33 bits per heavy atom. The molecule has 50 valence electrons. The zero-order chi connectivity index (χ0) is 6.85. The van der Waals surface area contributed by atoms with Gasteiger partial charge in [0.15, 0.2) is 0 Å². The van der Waals surface area contributed by atoms with Gasteiger partial charge in [0, 0.05) is 5.69 Å². The highest BCUT2D eigenvalue weighted by Gasteiger charge is 1.96. The van der Waals surface area contributed by atoms with Gasteiger partial charge in [0.05, 0.1) is 5.03 Å². The fraction of sp³-hybridized carbons (Fsp3) is 0.429. The summed E-state index contributed by atoms with van der Waals surface area (Å²) in [6.45, 7) is 4.21. The van der Waals surface area contributed by atoms with Crippen molar-refractivity contribution in [3.63, 3.8) is 0 Å². The first kappa shape index (κ1) is 6.75. The lowest BCUT2D eigenvalue weighted by Gasteiger charge is -1.84. The summed E-state index contributed by atoms with van der Waals surface area (Å²) in [6.07, 6.45) is 2.07. The van der Waals surface area contributed by atoms with Gasteiger partial charge in [-0.15, -0.1) is 11.8 Å². The molecule has 9 heavy (non-hydrogen) atoms. The molecule has 0 bridgehead atoms. The molecule has 1 rings (SSSR count). The zero-order valence-corrected chi connectivity index (χ0v) is 6.80. The number of aromatic nitrogens is 1. The molecule has 0 fully saturated rings. The predicted octanol–water partition coefficient (Wildman–Crippen LogP) is 2.35. The van der Waals surface area contributed by atoms with E-state index in [1.165, 1.54) is 16.3 Å². The van der Waals surface area contributed by atoms with Crippen molar-refractivity contribution < 1.29 is 0 Å². The molecule has 1 aromatic rings. The summed E-state index contributed by atoms with van der Waals surface area (Å²) in [5.41, 5.74) is 2.62. The Bertz CT molecular complexity index is 183. The lowest BCUT2D eigenvalue weighted by Crippen LogP contribution is -1.71. The van der Waals surface area contributed by atoms with Gasteiger partial charge in [0.1, 0.15) is 0 Å². The van der Waals surface area contributed by atoms with Gasteiger partial charge in [0.2, 0.25) is 0 Å².